The van der Waals surface area contributed by atoms with Crippen molar-refractivity contribution in [2.24, 2.45) is 22.7 Å². The Morgan fingerprint density at radius 3 is 2.41 bits per heavy atom. The van der Waals surface area contributed by atoms with Gasteiger partial charge in [0.05, 0.1) is 23.2 Å². The molecule has 1 aromatic rings. The highest BCUT2D eigenvalue weighted by atomic mass is 16.5. The van der Waals surface area contributed by atoms with Gasteiger partial charge in [0.1, 0.15) is 17.3 Å². The van der Waals surface area contributed by atoms with Crippen LogP contribution in [0, 0.1) is 22.7 Å². The first kappa shape index (κ1) is 26.8. The second-order valence-electron chi connectivity index (χ2n) is 12.7. The second kappa shape index (κ2) is 8.88. The number of carbonyl (C=O) groups excluding carboxylic acids is 1. The topological polar surface area (TPSA) is 127 Å². The summed E-state index contributed by atoms with van der Waals surface area (Å²) < 4.78 is 6.06. The Bertz CT molecular complexity index is 1060. The number of esters is 1. The van der Waals surface area contributed by atoms with Gasteiger partial charge in [0.2, 0.25) is 0 Å². The molecule has 0 radical (unpaired) electrons. The van der Waals surface area contributed by atoms with Gasteiger partial charge in [0, 0.05) is 6.08 Å². The molecule has 0 aliphatic heterocycles. The Labute approximate surface area is 219 Å². The van der Waals surface area contributed by atoms with Crippen LogP contribution in [0.5, 0.6) is 0 Å². The maximum atomic E-state index is 13.1. The van der Waals surface area contributed by atoms with Gasteiger partial charge in [0.15, 0.2) is 0 Å². The normalized spacial score (nSPS) is 48.1. The smallest absolute Gasteiger partial charge is 0.331 e. The molecule has 4 saturated carbocycles. The standard InChI is InChI=1S/C30H42O7/c1-19(31)28(34)15-16-30(36)27(28,3)24(37-25(33)10-9-20-7-5-4-6-8-20)18-23-26(2)13-12-22(32)17-21(26)11-14-29(23,30)35/h4-10,19,21-24,31-32,34-36H,11-18H2,1-3H3/t19-,21-,22-,23+,24+,26-,27+,28+,29-,30+/m0/s1. The van der Waals surface area contributed by atoms with E-state index in [4.69, 9.17) is 4.74 Å². The van der Waals surface area contributed by atoms with Crippen molar-refractivity contribution in [2.75, 3.05) is 0 Å². The van der Waals surface area contributed by atoms with E-state index in [9.17, 15) is 30.3 Å². The third kappa shape index (κ3) is 3.61. The summed E-state index contributed by atoms with van der Waals surface area (Å²) in [4.78, 5) is 13.1. The molecule has 5 rings (SSSR count). The van der Waals surface area contributed by atoms with Crippen molar-refractivity contribution in [1.82, 2.24) is 0 Å². The maximum Gasteiger partial charge on any atom is 0.331 e. The summed E-state index contributed by atoms with van der Waals surface area (Å²) in [6.45, 7) is 5.29. The molecule has 0 bridgehead atoms. The van der Waals surface area contributed by atoms with Crippen molar-refractivity contribution < 1.29 is 35.1 Å². The highest BCUT2D eigenvalue weighted by Crippen LogP contribution is 2.72. The fraction of sp³-hybridized carbons (Fsp3) is 0.700. The van der Waals surface area contributed by atoms with E-state index in [0.717, 1.165) is 5.56 Å². The second-order valence-corrected chi connectivity index (χ2v) is 12.7. The number of benzene rings is 1. The zero-order valence-corrected chi connectivity index (χ0v) is 22.1. The minimum Gasteiger partial charge on any atom is -0.458 e. The quantitative estimate of drug-likeness (QED) is 0.309. The third-order valence-electron chi connectivity index (χ3n) is 11.3. The van der Waals surface area contributed by atoms with Crippen LogP contribution in [0.15, 0.2) is 36.4 Å². The lowest BCUT2D eigenvalue weighted by atomic mass is 9.40. The molecule has 0 aromatic heterocycles. The van der Waals surface area contributed by atoms with Crippen molar-refractivity contribution in [3.05, 3.63) is 42.0 Å². The number of aliphatic hydroxyl groups excluding tert-OH is 2. The first-order chi connectivity index (χ1) is 17.3. The van der Waals surface area contributed by atoms with E-state index in [1.807, 2.05) is 30.3 Å². The predicted molar refractivity (Wildman–Crippen MR) is 138 cm³/mol. The number of hydrogen-bond donors (Lipinski definition) is 5. The fourth-order valence-electron chi connectivity index (χ4n) is 9.00. The first-order valence-corrected chi connectivity index (χ1v) is 13.8. The zero-order chi connectivity index (χ0) is 26.9. The van der Waals surface area contributed by atoms with Gasteiger partial charge >= 0.3 is 5.97 Å². The van der Waals surface area contributed by atoms with Gasteiger partial charge in [-0.05, 0) is 87.2 Å². The third-order valence-corrected chi connectivity index (χ3v) is 11.3. The van der Waals surface area contributed by atoms with Crippen LogP contribution >= 0.6 is 0 Å². The van der Waals surface area contributed by atoms with E-state index in [0.29, 0.717) is 32.1 Å². The van der Waals surface area contributed by atoms with E-state index in [1.165, 1.54) is 13.0 Å². The molecular weight excluding hydrogens is 472 g/mol. The highest BCUT2D eigenvalue weighted by molar-refractivity contribution is 5.87. The minimum atomic E-state index is -1.77. The van der Waals surface area contributed by atoms with Crippen LogP contribution in [0.4, 0.5) is 0 Å². The van der Waals surface area contributed by atoms with Gasteiger partial charge in [-0.3, -0.25) is 0 Å². The molecule has 0 unspecified atom stereocenters. The first-order valence-electron chi connectivity index (χ1n) is 13.8. The monoisotopic (exact) mass is 514 g/mol. The molecule has 4 fully saturated rings. The van der Waals surface area contributed by atoms with Crippen molar-refractivity contribution in [2.45, 2.75) is 107 Å². The van der Waals surface area contributed by atoms with Crippen LogP contribution in [0.1, 0.15) is 77.7 Å². The van der Waals surface area contributed by atoms with Crippen LogP contribution in [-0.2, 0) is 9.53 Å². The van der Waals surface area contributed by atoms with E-state index in [-0.39, 0.29) is 36.7 Å². The van der Waals surface area contributed by atoms with Crippen molar-refractivity contribution in [1.29, 1.82) is 0 Å². The Kier molecular flexibility index (Phi) is 6.44. The van der Waals surface area contributed by atoms with Gasteiger partial charge < -0.3 is 30.3 Å². The highest BCUT2D eigenvalue weighted by Gasteiger charge is 2.81. The van der Waals surface area contributed by atoms with Crippen molar-refractivity contribution in [3.8, 4) is 0 Å². The molecule has 4 aliphatic carbocycles. The number of fused-ring (bicyclic) bond motifs is 5. The Morgan fingerprint density at radius 1 is 1.03 bits per heavy atom. The SMILES string of the molecule is C[C@H](O)[C@]1(O)CC[C@@]2(O)[C@]1(C)[C@H](OC(=O)C=Cc1ccccc1)C[C@@H]1[C@@]3(C)CC[C@H](O)C[C@@H]3CC[C@]12O. The van der Waals surface area contributed by atoms with Crippen LogP contribution in [0.25, 0.3) is 6.08 Å². The van der Waals surface area contributed by atoms with E-state index >= 15 is 0 Å². The van der Waals surface area contributed by atoms with Crippen LogP contribution in [0.3, 0.4) is 0 Å². The van der Waals surface area contributed by atoms with Crippen molar-refractivity contribution >= 4 is 12.0 Å². The summed E-state index contributed by atoms with van der Waals surface area (Å²) in [5, 5.41) is 57.9. The van der Waals surface area contributed by atoms with E-state index in [2.05, 4.69) is 6.92 Å². The summed E-state index contributed by atoms with van der Waals surface area (Å²) >= 11 is 0. The lowest BCUT2D eigenvalue weighted by molar-refractivity contribution is -0.341. The molecule has 1 aromatic carbocycles. The van der Waals surface area contributed by atoms with E-state index < -0.39 is 46.3 Å². The van der Waals surface area contributed by atoms with Crippen molar-refractivity contribution in [3.63, 3.8) is 0 Å². The number of ether oxygens (including phenoxy) is 1. The molecule has 0 heterocycles. The molecule has 10 atom stereocenters. The summed E-state index contributed by atoms with van der Waals surface area (Å²) in [6.07, 6.45) is 3.91. The summed E-state index contributed by atoms with van der Waals surface area (Å²) in [7, 11) is 0. The molecule has 37 heavy (non-hydrogen) atoms. The summed E-state index contributed by atoms with van der Waals surface area (Å²) in [5.41, 5.74) is -6.06. The van der Waals surface area contributed by atoms with Gasteiger partial charge in [-0.25, -0.2) is 4.79 Å². The molecule has 7 nitrogen and oxygen atoms in total. The molecule has 0 amide bonds. The fourth-order valence-corrected chi connectivity index (χ4v) is 9.00. The van der Waals surface area contributed by atoms with Gasteiger partial charge in [-0.15, -0.1) is 0 Å². The average molecular weight is 515 g/mol. The molecule has 4 aliphatic rings. The summed E-state index contributed by atoms with van der Waals surface area (Å²) in [5.74, 6) is -0.809. The predicted octanol–water partition coefficient (Wildman–Crippen LogP) is 2.97. The minimum absolute atomic E-state index is 0.0828. The lowest BCUT2D eigenvalue weighted by Gasteiger charge is -2.69. The number of aliphatic hydroxyl groups is 5. The molecule has 0 saturated heterocycles. The Morgan fingerprint density at radius 2 is 1.73 bits per heavy atom. The molecular formula is C30H42O7. The van der Waals surface area contributed by atoms with Crippen LogP contribution < -0.4 is 0 Å². The molecule has 5 N–H and O–H groups in total. The van der Waals surface area contributed by atoms with Gasteiger partial charge in [0.25, 0.3) is 0 Å². The van der Waals surface area contributed by atoms with Gasteiger partial charge in [-0.1, -0.05) is 44.2 Å². The number of carbonyl (C=O) groups is 1. The van der Waals surface area contributed by atoms with Crippen LogP contribution in [0.2, 0.25) is 0 Å². The Hall–Kier alpha value is -1.77. The molecule has 204 valence electrons. The molecule has 7 heteroatoms. The van der Waals surface area contributed by atoms with Crippen LogP contribution in [-0.4, -0.2) is 66.6 Å². The van der Waals surface area contributed by atoms with E-state index in [1.54, 1.807) is 13.0 Å². The van der Waals surface area contributed by atoms with Gasteiger partial charge in [-0.2, -0.15) is 0 Å². The maximum absolute atomic E-state index is 13.1. The number of rotatable bonds is 4. The average Bonchev–Trinajstić information content (AvgIpc) is 3.10. The molecule has 0 spiro atoms. The summed E-state index contributed by atoms with van der Waals surface area (Å²) in [6, 6.07) is 9.37. The number of hydrogen-bond acceptors (Lipinski definition) is 7. The zero-order valence-electron chi connectivity index (χ0n) is 22.1. The Balaban J connectivity index is 1.55. The lowest BCUT2D eigenvalue weighted by Crippen LogP contribution is -2.79. The largest absolute Gasteiger partial charge is 0.458 e.